The summed E-state index contributed by atoms with van der Waals surface area (Å²) in [6.45, 7) is 3.53. The lowest BCUT2D eigenvalue weighted by molar-refractivity contribution is -0.143. The molecule has 0 bridgehead atoms. The Morgan fingerprint density at radius 3 is 2.08 bits per heavy atom. The fourth-order valence-electron chi connectivity index (χ4n) is 3.69. The number of nitrogens with one attached hydrogen (secondary N) is 1. The second kappa shape index (κ2) is 13.2. The molecular formula is C28H30Cl2N2O4. The highest BCUT2D eigenvalue weighted by Gasteiger charge is 2.32. The van der Waals surface area contributed by atoms with Gasteiger partial charge in [0.25, 0.3) is 5.91 Å². The summed E-state index contributed by atoms with van der Waals surface area (Å²) in [7, 11) is 1.58. The Balaban J connectivity index is 1.93. The van der Waals surface area contributed by atoms with E-state index in [2.05, 4.69) is 5.32 Å². The molecule has 0 aromatic heterocycles. The van der Waals surface area contributed by atoms with E-state index in [-0.39, 0.29) is 31.0 Å². The second-order valence-corrected chi connectivity index (χ2v) is 9.37. The molecule has 3 aromatic carbocycles. The Labute approximate surface area is 222 Å². The quantitative estimate of drug-likeness (QED) is 0.354. The van der Waals surface area contributed by atoms with Gasteiger partial charge in [0.1, 0.15) is 17.5 Å². The Bertz CT molecular complexity index is 1130. The lowest BCUT2D eigenvalue weighted by Crippen LogP contribution is -2.52. The van der Waals surface area contributed by atoms with Gasteiger partial charge < -0.3 is 19.7 Å². The molecule has 0 aliphatic rings. The van der Waals surface area contributed by atoms with Crippen LogP contribution in [0.1, 0.15) is 25.0 Å². The van der Waals surface area contributed by atoms with E-state index in [4.69, 9.17) is 32.7 Å². The second-order valence-electron chi connectivity index (χ2n) is 8.55. The Morgan fingerprint density at radius 2 is 1.50 bits per heavy atom. The number of nitrogens with zero attached hydrogens (tertiary/aromatic N) is 1. The zero-order valence-corrected chi connectivity index (χ0v) is 22.1. The standard InChI is InChI=1S/C28H30Cl2N2O4/c1-19(2)31-28(34)26(16-20-8-5-4-6-9-20)32(17-23-24(29)10-7-11-25(23)30)27(33)18-36-22-14-12-21(35-3)13-15-22/h4-15,19,26H,16-18H2,1-3H3,(H,31,34)/t26-/m0/s1. The summed E-state index contributed by atoms with van der Waals surface area (Å²) in [6.07, 6.45) is 0.315. The van der Waals surface area contributed by atoms with Crippen molar-refractivity contribution in [1.82, 2.24) is 10.2 Å². The summed E-state index contributed by atoms with van der Waals surface area (Å²) in [4.78, 5) is 28.5. The molecule has 1 N–H and O–H groups in total. The summed E-state index contributed by atoms with van der Waals surface area (Å²) in [5.41, 5.74) is 1.48. The summed E-state index contributed by atoms with van der Waals surface area (Å²) < 4.78 is 10.9. The Kier molecular flexibility index (Phi) is 10.0. The number of benzene rings is 3. The lowest BCUT2D eigenvalue weighted by atomic mass is 10.0. The molecular weight excluding hydrogens is 499 g/mol. The minimum Gasteiger partial charge on any atom is -0.497 e. The van der Waals surface area contributed by atoms with Crippen molar-refractivity contribution in [1.29, 1.82) is 0 Å². The van der Waals surface area contributed by atoms with Crippen molar-refractivity contribution in [3.8, 4) is 11.5 Å². The van der Waals surface area contributed by atoms with Gasteiger partial charge >= 0.3 is 0 Å². The molecule has 0 heterocycles. The molecule has 190 valence electrons. The predicted octanol–water partition coefficient (Wildman–Crippen LogP) is 5.55. The van der Waals surface area contributed by atoms with Crippen LogP contribution in [0.5, 0.6) is 11.5 Å². The summed E-state index contributed by atoms with van der Waals surface area (Å²) in [6, 6.07) is 20.7. The largest absolute Gasteiger partial charge is 0.497 e. The molecule has 36 heavy (non-hydrogen) atoms. The van der Waals surface area contributed by atoms with Gasteiger partial charge in [-0.15, -0.1) is 0 Å². The van der Waals surface area contributed by atoms with E-state index in [0.717, 1.165) is 5.56 Å². The van der Waals surface area contributed by atoms with Gasteiger partial charge in [-0.1, -0.05) is 59.6 Å². The monoisotopic (exact) mass is 528 g/mol. The highest BCUT2D eigenvalue weighted by Crippen LogP contribution is 2.27. The molecule has 0 saturated carbocycles. The van der Waals surface area contributed by atoms with Gasteiger partial charge in [0.05, 0.1) is 7.11 Å². The molecule has 0 fully saturated rings. The fraction of sp³-hybridized carbons (Fsp3) is 0.286. The van der Waals surface area contributed by atoms with Crippen molar-refractivity contribution >= 4 is 35.0 Å². The van der Waals surface area contributed by atoms with Crippen LogP contribution in [-0.4, -0.2) is 42.5 Å². The molecule has 3 aromatic rings. The zero-order chi connectivity index (χ0) is 26.1. The van der Waals surface area contributed by atoms with Gasteiger partial charge in [-0.05, 0) is 55.8 Å². The number of carbonyl (C=O) groups excluding carboxylic acids is 2. The van der Waals surface area contributed by atoms with Crippen molar-refractivity contribution in [3.63, 3.8) is 0 Å². The van der Waals surface area contributed by atoms with Gasteiger partial charge in [-0.25, -0.2) is 0 Å². The minimum atomic E-state index is -0.811. The molecule has 8 heteroatoms. The van der Waals surface area contributed by atoms with Gasteiger partial charge in [0, 0.05) is 34.6 Å². The predicted molar refractivity (Wildman–Crippen MR) is 143 cm³/mol. The average Bonchev–Trinajstić information content (AvgIpc) is 2.86. The maximum absolute atomic E-state index is 13.6. The zero-order valence-electron chi connectivity index (χ0n) is 20.5. The van der Waals surface area contributed by atoms with Gasteiger partial charge in [0.15, 0.2) is 6.61 Å². The molecule has 0 spiro atoms. The first-order valence-corrected chi connectivity index (χ1v) is 12.4. The van der Waals surface area contributed by atoms with Crippen LogP contribution >= 0.6 is 23.2 Å². The normalized spacial score (nSPS) is 11.6. The average molecular weight is 529 g/mol. The van der Waals surface area contributed by atoms with E-state index in [1.54, 1.807) is 49.6 Å². The highest BCUT2D eigenvalue weighted by molar-refractivity contribution is 6.36. The molecule has 0 aliphatic heterocycles. The molecule has 0 aliphatic carbocycles. The molecule has 2 amide bonds. The molecule has 0 saturated heterocycles. The SMILES string of the molecule is COc1ccc(OCC(=O)N(Cc2c(Cl)cccc2Cl)[C@@H](Cc2ccccc2)C(=O)NC(C)C)cc1. The number of ether oxygens (including phenoxy) is 2. The first-order chi connectivity index (χ1) is 17.3. The number of carbonyl (C=O) groups is 2. The fourth-order valence-corrected chi connectivity index (χ4v) is 4.21. The first kappa shape index (κ1) is 27.4. The smallest absolute Gasteiger partial charge is 0.261 e. The van der Waals surface area contributed by atoms with E-state index in [0.29, 0.717) is 33.5 Å². The Morgan fingerprint density at radius 1 is 0.889 bits per heavy atom. The third-order valence-electron chi connectivity index (χ3n) is 5.51. The maximum atomic E-state index is 13.6. The first-order valence-electron chi connectivity index (χ1n) is 11.6. The van der Waals surface area contributed by atoms with Crippen molar-refractivity contribution in [2.45, 2.75) is 38.9 Å². The lowest BCUT2D eigenvalue weighted by Gasteiger charge is -2.32. The number of hydrogen-bond acceptors (Lipinski definition) is 4. The summed E-state index contributed by atoms with van der Waals surface area (Å²) >= 11 is 12.9. The molecule has 3 rings (SSSR count). The van der Waals surface area contributed by atoms with Crippen molar-refractivity contribution in [2.75, 3.05) is 13.7 Å². The van der Waals surface area contributed by atoms with Crippen LogP contribution in [0.4, 0.5) is 0 Å². The third-order valence-corrected chi connectivity index (χ3v) is 6.22. The molecule has 0 radical (unpaired) electrons. The van der Waals surface area contributed by atoms with Crippen LogP contribution in [0.25, 0.3) is 0 Å². The van der Waals surface area contributed by atoms with Crippen molar-refractivity contribution in [2.24, 2.45) is 0 Å². The van der Waals surface area contributed by atoms with Crippen LogP contribution < -0.4 is 14.8 Å². The molecule has 0 unspecified atom stereocenters. The number of rotatable bonds is 11. The number of hydrogen-bond donors (Lipinski definition) is 1. The van der Waals surface area contributed by atoms with E-state index < -0.39 is 6.04 Å². The number of halogens is 2. The highest BCUT2D eigenvalue weighted by atomic mass is 35.5. The third kappa shape index (κ3) is 7.64. The summed E-state index contributed by atoms with van der Waals surface area (Å²) in [5.74, 6) is 0.541. The van der Waals surface area contributed by atoms with Crippen LogP contribution in [0.15, 0.2) is 72.8 Å². The van der Waals surface area contributed by atoms with Crippen LogP contribution in [0.2, 0.25) is 10.0 Å². The number of amides is 2. The number of methoxy groups -OCH3 is 1. The van der Waals surface area contributed by atoms with E-state index in [1.165, 1.54) is 4.90 Å². The van der Waals surface area contributed by atoms with Gasteiger partial charge in [-0.3, -0.25) is 9.59 Å². The van der Waals surface area contributed by atoms with E-state index >= 15 is 0 Å². The van der Waals surface area contributed by atoms with Crippen LogP contribution in [0, 0.1) is 0 Å². The maximum Gasteiger partial charge on any atom is 0.261 e. The van der Waals surface area contributed by atoms with E-state index in [9.17, 15) is 9.59 Å². The van der Waals surface area contributed by atoms with E-state index in [1.807, 2.05) is 44.2 Å². The molecule has 6 nitrogen and oxygen atoms in total. The topological polar surface area (TPSA) is 67.9 Å². The van der Waals surface area contributed by atoms with Crippen molar-refractivity contribution < 1.29 is 19.1 Å². The van der Waals surface area contributed by atoms with Crippen molar-refractivity contribution in [3.05, 3.63) is 94.0 Å². The van der Waals surface area contributed by atoms with Gasteiger partial charge in [-0.2, -0.15) is 0 Å². The minimum absolute atomic E-state index is 0.0479. The van der Waals surface area contributed by atoms with Crippen LogP contribution in [-0.2, 0) is 22.6 Å². The molecule has 1 atom stereocenters. The Hall–Kier alpha value is -3.22. The van der Waals surface area contributed by atoms with Crippen LogP contribution in [0.3, 0.4) is 0 Å². The summed E-state index contributed by atoms with van der Waals surface area (Å²) in [5, 5.41) is 3.78. The van der Waals surface area contributed by atoms with Gasteiger partial charge in [0.2, 0.25) is 5.91 Å².